The molecule has 2 rings (SSSR count). The Labute approximate surface area is 175 Å². The Kier molecular flexibility index (Phi) is 8.91. The number of carbonyl (C=O) groups is 4. The smallest absolute Gasteiger partial charge is 0.328 e. The van der Waals surface area contributed by atoms with Gasteiger partial charge in [-0.3, -0.25) is 14.4 Å². The summed E-state index contributed by atoms with van der Waals surface area (Å²) in [6.07, 6.45) is 0. The molecule has 0 bridgehead atoms. The molecule has 0 fully saturated rings. The Morgan fingerprint density at radius 2 is 1.38 bits per heavy atom. The van der Waals surface area contributed by atoms with E-state index in [0.717, 1.165) is 11.8 Å². The molecule has 7 nitrogen and oxygen atoms in total. The Morgan fingerprint density at radius 3 is 1.86 bits per heavy atom. The van der Waals surface area contributed by atoms with E-state index in [0.29, 0.717) is 22.9 Å². The molecule has 0 aliphatic heterocycles. The second-order valence-electron chi connectivity index (χ2n) is 5.81. The molecule has 0 unspecified atom stereocenters. The van der Waals surface area contributed by atoms with Crippen LogP contribution in [0.1, 0.15) is 20.7 Å². The average Bonchev–Trinajstić information content (AvgIpc) is 2.75. The van der Waals surface area contributed by atoms with Crippen LogP contribution in [0.25, 0.3) is 0 Å². The predicted molar refractivity (Wildman–Crippen MR) is 112 cm³/mol. The lowest BCUT2D eigenvalue weighted by Gasteiger charge is -2.18. The van der Waals surface area contributed by atoms with Crippen LogP contribution in [-0.4, -0.2) is 56.0 Å². The third-order valence-corrected chi connectivity index (χ3v) is 6.05. The van der Waals surface area contributed by atoms with E-state index >= 15 is 0 Å². The van der Waals surface area contributed by atoms with E-state index in [1.807, 2.05) is 0 Å². The van der Waals surface area contributed by atoms with Crippen LogP contribution in [0.5, 0.6) is 0 Å². The molecule has 0 spiro atoms. The first-order chi connectivity index (χ1) is 13.9. The zero-order chi connectivity index (χ0) is 21.2. The third-order valence-electron chi connectivity index (χ3n) is 3.72. The number of benzene rings is 2. The van der Waals surface area contributed by atoms with Crippen LogP contribution in [0, 0.1) is 0 Å². The molecule has 2 aromatic rings. The van der Waals surface area contributed by atoms with Crippen molar-refractivity contribution < 1.29 is 29.4 Å². The largest absolute Gasteiger partial charge is 0.480 e. The van der Waals surface area contributed by atoms with Crippen molar-refractivity contribution in [2.24, 2.45) is 0 Å². The zero-order valence-electron chi connectivity index (χ0n) is 15.2. The lowest BCUT2D eigenvalue weighted by molar-refractivity contribution is -0.142. The predicted octanol–water partition coefficient (Wildman–Crippen LogP) is 2.06. The number of rotatable bonds is 9. The molecule has 1 amide bonds. The summed E-state index contributed by atoms with van der Waals surface area (Å²) in [5, 5.41) is 18.7. The van der Waals surface area contributed by atoms with E-state index in [1.165, 1.54) is 0 Å². The Balaban J connectivity index is 2.11. The van der Waals surface area contributed by atoms with E-state index < -0.39 is 29.8 Å². The van der Waals surface area contributed by atoms with Crippen LogP contribution < -0.4 is 5.32 Å². The van der Waals surface area contributed by atoms with E-state index in [9.17, 15) is 19.2 Å². The lowest BCUT2D eigenvalue weighted by Crippen LogP contribution is -2.47. The van der Waals surface area contributed by atoms with Gasteiger partial charge in [0.2, 0.25) is 16.1 Å². The number of carboxylic acids is 1. The molecule has 152 valence electrons. The molecule has 29 heavy (non-hydrogen) atoms. The number of hydrogen-bond donors (Lipinski definition) is 3. The van der Waals surface area contributed by atoms with Crippen molar-refractivity contribution in [3.8, 4) is 0 Å². The summed E-state index contributed by atoms with van der Waals surface area (Å²) < 4.78 is 0. The van der Waals surface area contributed by atoms with E-state index in [1.54, 1.807) is 60.7 Å². The maximum atomic E-state index is 12.5. The number of carboxylic acid groups (broad SMARTS) is 1. The fourth-order valence-electron chi connectivity index (χ4n) is 2.19. The summed E-state index contributed by atoms with van der Waals surface area (Å²) in [5.41, 5.74) is 0.835. The molecule has 0 heterocycles. The number of carbonyl (C=O) groups excluding carboxylic acids is 3. The van der Waals surface area contributed by atoms with Gasteiger partial charge < -0.3 is 15.5 Å². The van der Waals surface area contributed by atoms with Crippen molar-refractivity contribution >= 4 is 45.6 Å². The Hall–Kier alpha value is -2.62. The summed E-state index contributed by atoms with van der Waals surface area (Å²) in [6.45, 7) is -0.790. The van der Waals surface area contributed by atoms with Crippen LogP contribution >= 0.6 is 23.5 Å². The number of hydrogen-bond acceptors (Lipinski definition) is 7. The highest BCUT2D eigenvalue weighted by molar-refractivity contribution is 8.18. The molecule has 3 N–H and O–H groups in total. The number of aliphatic hydroxyl groups excluding tert-OH is 1. The van der Waals surface area contributed by atoms with Gasteiger partial charge in [0.05, 0.1) is 6.61 Å². The molecular formula is C20H19NO6S2. The van der Waals surface area contributed by atoms with Gasteiger partial charge in [0, 0.05) is 16.9 Å². The van der Waals surface area contributed by atoms with Crippen LogP contribution in [0.3, 0.4) is 0 Å². The van der Waals surface area contributed by atoms with Gasteiger partial charge in [0.15, 0.2) is 0 Å². The maximum Gasteiger partial charge on any atom is 0.328 e. The van der Waals surface area contributed by atoms with E-state index in [4.69, 9.17) is 10.2 Å². The fraction of sp³-hybridized carbons (Fsp3) is 0.200. The van der Waals surface area contributed by atoms with Crippen molar-refractivity contribution in [1.82, 2.24) is 5.32 Å². The van der Waals surface area contributed by atoms with Gasteiger partial charge in [0.25, 0.3) is 0 Å². The minimum Gasteiger partial charge on any atom is -0.480 e. The highest BCUT2D eigenvalue weighted by Crippen LogP contribution is 2.24. The second-order valence-corrected chi connectivity index (χ2v) is 7.97. The minimum absolute atomic E-state index is 0.0411. The normalized spacial score (nSPS) is 12.6. The molecule has 0 saturated heterocycles. The molecule has 0 radical (unpaired) electrons. The van der Waals surface area contributed by atoms with Crippen molar-refractivity contribution in [2.45, 2.75) is 11.3 Å². The molecule has 9 heteroatoms. The summed E-state index contributed by atoms with van der Waals surface area (Å²) in [6, 6.07) is 15.3. The van der Waals surface area contributed by atoms with Gasteiger partial charge in [-0.1, -0.05) is 84.2 Å². The summed E-state index contributed by atoms with van der Waals surface area (Å²) >= 11 is 1.57. The highest BCUT2D eigenvalue weighted by atomic mass is 32.2. The van der Waals surface area contributed by atoms with Crippen LogP contribution in [-0.2, 0) is 9.59 Å². The van der Waals surface area contributed by atoms with Gasteiger partial charge in [-0.15, -0.1) is 0 Å². The van der Waals surface area contributed by atoms with E-state index in [-0.39, 0.29) is 16.0 Å². The molecular weight excluding hydrogens is 414 g/mol. The lowest BCUT2D eigenvalue weighted by atomic mass is 10.2. The zero-order valence-corrected chi connectivity index (χ0v) is 16.8. The van der Waals surface area contributed by atoms with Crippen molar-refractivity contribution in [2.75, 3.05) is 12.4 Å². The van der Waals surface area contributed by atoms with E-state index in [2.05, 4.69) is 5.32 Å². The first-order valence-corrected chi connectivity index (χ1v) is 10.4. The standard InChI is InChI=1S/C20H19NO6S2/c22-11-15(18(24)25)21-17(23)16(29-20(27)14-9-5-2-6-10-14)12-28-19(26)13-7-3-1-4-8-13/h1-10,15-16,22H,11-12H2,(H,21,23)(H,24,25)/t15-,16-/m0/s1. The molecule has 0 saturated carbocycles. The Bertz CT molecular complexity index is 860. The summed E-state index contributed by atoms with van der Waals surface area (Å²) in [7, 11) is 0. The van der Waals surface area contributed by atoms with Gasteiger partial charge in [-0.2, -0.15) is 0 Å². The number of nitrogens with one attached hydrogen (secondary N) is 1. The quantitative estimate of drug-likeness (QED) is 0.550. The van der Waals surface area contributed by atoms with Gasteiger partial charge in [-0.05, 0) is 0 Å². The second kappa shape index (κ2) is 11.4. The minimum atomic E-state index is -1.49. The maximum absolute atomic E-state index is 12.5. The Morgan fingerprint density at radius 1 is 0.862 bits per heavy atom. The monoisotopic (exact) mass is 433 g/mol. The van der Waals surface area contributed by atoms with Gasteiger partial charge in [-0.25, -0.2) is 4.79 Å². The SMILES string of the molecule is O=C(SC[C@H](SC(=O)c1ccccc1)C(=O)N[C@@H](CO)C(=O)O)c1ccccc1. The fourth-order valence-corrected chi connectivity index (χ4v) is 4.13. The van der Waals surface area contributed by atoms with Crippen molar-refractivity contribution in [1.29, 1.82) is 0 Å². The van der Waals surface area contributed by atoms with Crippen molar-refractivity contribution in [3.63, 3.8) is 0 Å². The third kappa shape index (κ3) is 7.04. The van der Waals surface area contributed by atoms with Crippen LogP contribution in [0.15, 0.2) is 60.7 Å². The molecule has 0 aliphatic rings. The summed E-state index contributed by atoms with van der Waals surface area (Å²) in [5.74, 6) is -2.18. The number of amides is 1. The topological polar surface area (TPSA) is 121 Å². The number of thioether (sulfide) groups is 2. The molecule has 0 aliphatic carbocycles. The van der Waals surface area contributed by atoms with Gasteiger partial charge in [0.1, 0.15) is 11.3 Å². The average molecular weight is 434 g/mol. The molecule has 0 aromatic heterocycles. The number of aliphatic carboxylic acids is 1. The van der Waals surface area contributed by atoms with Crippen LogP contribution in [0.4, 0.5) is 0 Å². The highest BCUT2D eigenvalue weighted by Gasteiger charge is 2.28. The first kappa shape index (κ1) is 22.7. The van der Waals surface area contributed by atoms with Crippen LogP contribution in [0.2, 0.25) is 0 Å². The molecule has 2 aromatic carbocycles. The van der Waals surface area contributed by atoms with Gasteiger partial charge >= 0.3 is 5.97 Å². The summed E-state index contributed by atoms with van der Waals surface area (Å²) in [4.78, 5) is 48.4. The first-order valence-electron chi connectivity index (χ1n) is 8.54. The van der Waals surface area contributed by atoms with Crippen molar-refractivity contribution in [3.05, 3.63) is 71.8 Å². The molecule has 2 atom stereocenters. The number of aliphatic hydroxyl groups is 1.